The molecule has 0 N–H and O–H groups in total. The minimum absolute atomic E-state index is 0.843. The van der Waals surface area contributed by atoms with Gasteiger partial charge < -0.3 is 4.90 Å². The molecule has 1 atom stereocenters. The maximum absolute atomic E-state index is 2.82. The minimum atomic E-state index is 0.843. The molecule has 0 aromatic carbocycles. The summed E-state index contributed by atoms with van der Waals surface area (Å²) in [7, 11) is 0. The van der Waals surface area contributed by atoms with E-state index >= 15 is 0 Å². The lowest BCUT2D eigenvalue weighted by molar-refractivity contribution is 0.173. The number of unbranched alkanes of at least 4 members (excludes halogenated alkanes) is 16. The summed E-state index contributed by atoms with van der Waals surface area (Å²) in [6, 6.07) is 0.843. The van der Waals surface area contributed by atoms with Crippen molar-refractivity contribution in [2.24, 2.45) is 0 Å². The summed E-state index contributed by atoms with van der Waals surface area (Å²) in [5.41, 5.74) is 0. The second kappa shape index (κ2) is 24.2. The van der Waals surface area contributed by atoms with Crippen molar-refractivity contribution in [3.8, 4) is 0 Å². The topological polar surface area (TPSA) is 3.24 Å². The molecule has 0 aromatic rings. The Bertz CT molecular complexity index is 280. The van der Waals surface area contributed by atoms with E-state index in [1.807, 2.05) is 0 Å². The highest BCUT2D eigenvalue weighted by Crippen LogP contribution is 2.17. The molecule has 0 amide bonds. The van der Waals surface area contributed by atoms with Gasteiger partial charge in [-0.1, -0.05) is 137 Å². The van der Waals surface area contributed by atoms with Gasteiger partial charge in [0.2, 0.25) is 0 Å². The van der Waals surface area contributed by atoms with E-state index in [1.165, 1.54) is 148 Å². The quantitative estimate of drug-likeness (QED) is 0.143. The molecule has 0 saturated carbocycles. The molecule has 1 nitrogen and oxygen atoms in total. The summed E-state index contributed by atoms with van der Waals surface area (Å²) in [5.74, 6) is 0. The smallest absolute Gasteiger partial charge is 0.00926 e. The van der Waals surface area contributed by atoms with Crippen LogP contribution in [0.4, 0.5) is 0 Å². The Hall–Kier alpha value is -0.0400. The third-order valence-corrected chi connectivity index (χ3v) is 6.73. The highest BCUT2D eigenvalue weighted by molar-refractivity contribution is 4.71. The fraction of sp³-hybridized carbons (Fsp3) is 1.00. The monoisotopic (exact) mass is 409 g/mol. The first kappa shape index (κ1) is 29.0. The van der Waals surface area contributed by atoms with Crippen LogP contribution in [0.25, 0.3) is 0 Å². The Morgan fingerprint density at radius 2 is 0.759 bits per heavy atom. The molecule has 0 fully saturated rings. The van der Waals surface area contributed by atoms with E-state index in [0.29, 0.717) is 0 Å². The van der Waals surface area contributed by atoms with Gasteiger partial charge in [-0.15, -0.1) is 0 Å². The first-order valence-corrected chi connectivity index (χ1v) is 14.0. The minimum Gasteiger partial charge on any atom is -0.300 e. The zero-order valence-electron chi connectivity index (χ0n) is 21.3. The normalized spacial score (nSPS) is 12.7. The van der Waals surface area contributed by atoms with Gasteiger partial charge in [-0.3, -0.25) is 0 Å². The van der Waals surface area contributed by atoms with Gasteiger partial charge in [0.25, 0.3) is 0 Å². The van der Waals surface area contributed by atoms with Crippen LogP contribution >= 0.6 is 0 Å². The van der Waals surface area contributed by atoms with Crippen LogP contribution in [0.15, 0.2) is 0 Å². The molecular formula is C28H59N. The van der Waals surface area contributed by atoms with Gasteiger partial charge in [0, 0.05) is 6.04 Å². The first-order valence-electron chi connectivity index (χ1n) is 14.0. The zero-order chi connectivity index (χ0) is 21.4. The molecule has 0 aliphatic heterocycles. The summed E-state index contributed by atoms with van der Waals surface area (Å²) in [6.45, 7) is 12.0. The predicted octanol–water partition coefficient (Wildman–Crippen LogP) is 9.93. The van der Waals surface area contributed by atoms with E-state index in [1.54, 1.807) is 0 Å². The van der Waals surface area contributed by atoms with Crippen molar-refractivity contribution in [1.29, 1.82) is 0 Å². The van der Waals surface area contributed by atoms with Crippen molar-refractivity contribution in [2.45, 2.75) is 169 Å². The van der Waals surface area contributed by atoms with Crippen LogP contribution in [0.3, 0.4) is 0 Å². The van der Waals surface area contributed by atoms with Gasteiger partial charge in [-0.2, -0.15) is 0 Å². The maximum Gasteiger partial charge on any atom is 0.00926 e. The second-order valence-corrected chi connectivity index (χ2v) is 9.54. The van der Waals surface area contributed by atoms with Crippen LogP contribution in [0, 0.1) is 0 Å². The maximum atomic E-state index is 2.82. The van der Waals surface area contributed by atoms with Crippen molar-refractivity contribution in [3.05, 3.63) is 0 Å². The van der Waals surface area contributed by atoms with E-state index < -0.39 is 0 Å². The van der Waals surface area contributed by atoms with Gasteiger partial charge >= 0.3 is 0 Å². The second-order valence-electron chi connectivity index (χ2n) is 9.54. The summed E-state index contributed by atoms with van der Waals surface area (Å²) in [4.78, 5) is 2.82. The molecule has 0 rings (SSSR count). The Morgan fingerprint density at radius 3 is 1.10 bits per heavy atom. The molecule has 0 heterocycles. The molecule has 0 aliphatic carbocycles. The summed E-state index contributed by atoms with van der Waals surface area (Å²) < 4.78 is 0. The Morgan fingerprint density at radius 1 is 0.414 bits per heavy atom. The largest absolute Gasteiger partial charge is 0.300 e. The third-order valence-electron chi connectivity index (χ3n) is 6.73. The van der Waals surface area contributed by atoms with Crippen LogP contribution in [0.2, 0.25) is 0 Å². The van der Waals surface area contributed by atoms with Crippen LogP contribution < -0.4 is 0 Å². The average Bonchev–Trinajstić information content (AvgIpc) is 2.74. The third kappa shape index (κ3) is 19.7. The van der Waals surface area contributed by atoms with Crippen LogP contribution in [-0.2, 0) is 0 Å². The van der Waals surface area contributed by atoms with E-state index in [0.717, 1.165) is 6.04 Å². The summed E-state index contributed by atoms with van der Waals surface area (Å²) in [5, 5.41) is 0. The molecular weight excluding hydrogens is 350 g/mol. The molecule has 0 saturated heterocycles. The van der Waals surface area contributed by atoms with E-state index in [2.05, 4.69) is 32.6 Å². The Kier molecular flexibility index (Phi) is 24.2. The molecule has 1 heteroatoms. The fourth-order valence-corrected chi connectivity index (χ4v) is 4.60. The summed E-state index contributed by atoms with van der Waals surface area (Å²) >= 11 is 0. The van der Waals surface area contributed by atoms with Crippen LogP contribution in [0.1, 0.15) is 163 Å². The lowest BCUT2D eigenvalue weighted by Gasteiger charge is -2.31. The lowest BCUT2D eigenvalue weighted by Crippen LogP contribution is -2.36. The fourth-order valence-electron chi connectivity index (χ4n) is 4.60. The standard InChI is InChI=1S/C28H59N/c1-5-9-12-13-14-15-16-17-18-19-20-21-22-23-24-25-28(8-4)29(26-10-6-2)27-11-7-3/h28H,5-27H2,1-4H3. The molecule has 0 aliphatic rings. The number of hydrogen-bond acceptors (Lipinski definition) is 1. The average molecular weight is 410 g/mol. The van der Waals surface area contributed by atoms with Gasteiger partial charge in [0.1, 0.15) is 0 Å². The van der Waals surface area contributed by atoms with Crippen molar-refractivity contribution in [1.82, 2.24) is 4.90 Å². The molecule has 0 spiro atoms. The first-order chi connectivity index (χ1) is 14.3. The number of nitrogens with zero attached hydrogens (tertiary/aromatic N) is 1. The predicted molar refractivity (Wildman–Crippen MR) is 135 cm³/mol. The van der Waals surface area contributed by atoms with Gasteiger partial charge in [-0.05, 0) is 38.8 Å². The van der Waals surface area contributed by atoms with Crippen LogP contribution in [0.5, 0.6) is 0 Å². The molecule has 176 valence electrons. The van der Waals surface area contributed by atoms with E-state index in [4.69, 9.17) is 0 Å². The Balaban J connectivity index is 3.54. The van der Waals surface area contributed by atoms with Crippen molar-refractivity contribution in [3.63, 3.8) is 0 Å². The van der Waals surface area contributed by atoms with Crippen molar-refractivity contribution >= 4 is 0 Å². The SMILES string of the molecule is CCCCCCCCCCCCCCCCCC(CC)N(CCCC)CCCC. The van der Waals surface area contributed by atoms with Gasteiger partial charge in [0.15, 0.2) is 0 Å². The molecule has 0 radical (unpaired) electrons. The van der Waals surface area contributed by atoms with Crippen molar-refractivity contribution < 1.29 is 0 Å². The molecule has 29 heavy (non-hydrogen) atoms. The Labute approximate surface area is 186 Å². The molecule has 0 aromatic heterocycles. The van der Waals surface area contributed by atoms with E-state index in [9.17, 15) is 0 Å². The van der Waals surface area contributed by atoms with Crippen molar-refractivity contribution in [2.75, 3.05) is 13.1 Å². The highest BCUT2D eigenvalue weighted by Gasteiger charge is 2.15. The lowest BCUT2D eigenvalue weighted by atomic mass is 10.0. The van der Waals surface area contributed by atoms with Gasteiger partial charge in [-0.25, -0.2) is 0 Å². The van der Waals surface area contributed by atoms with Crippen LogP contribution in [-0.4, -0.2) is 24.0 Å². The zero-order valence-corrected chi connectivity index (χ0v) is 21.3. The highest BCUT2D eigenvalue weighted by atomic mass is 15.1. The number of hydrogen-bond donors (Lipinski definition) is 0. The van der Waals surface area contributed by atoms with E-state index in [-0.39, 0.29) is 0 Å². The molecule has 1 unspecified atom stereocenters. The number of rotatable bonds is 24. The summed E-state index contributed by atoms with van der Waals surface area (Å²) in [6.07, 6.45) is 30.2. The molecule has 0 bridgehead atoms. The van der Waals surface area contributed by atoms with Gasteiger partial charge in [0.05, 0.1) is 0 Å².